The highest BCUT2D eigenvalue weighted by Gasteiger charge is 2.00. The molecule has 0 fully saturated rings. The molecule has 0 aromatic rings. The van der Waals surface area contributed by atoms with Gasteiger partial charge in [0, 0.05) is 6.08 Å². The second-order valence-corrected chi connectivity index (χ2v) is 3.49. The van der Waals surface area contributed by atoms with Crippen LogP contribution in [-0.4, -0.2) is 35.4 Å². The fourth-order valence-electron chi connectivity index (χ4n) is 0.426. The van der Waals surface area contributed by atoms with E-state index in [0.717, 1.165) is 12.2 Å². The molecule has 0 aliphatic carbocycles. The first-order chi connectivity index (χ1) is 5.66. The number of carbonyl (C=O) groups is 2. The Hall–Kier alpha value is -0.810. The third-order valence-corrected chi connectivity index (χ3v) is 1.67. The number of allylic oxidation sites excluding steroid dienone is 1. The third kappa shape index (κ3) is 7.30. The monoisotopic (exact) mass is 190 g/mol. The van der Waals surface area contributed by atoms with Gasteiger partial charge < -0.3 is 9.29 Å². The highest BCUT2D eigenvalue weighted by atomic mass is 32.2. The van der Waals surface area contributed by atoms with Crippen molar-refractivity contribution >= 4 is 23.4 Å². The first kappa shape index (κ1) is 11.2. The fourth-order valence-corrected chi connectivity index (χ4v) is 0.744. The Balaban J connectivity index is 3.44. The maximum Gasteiger partial charge on any atom is 0.331 e. The Kier molecular flexibility index (Phi) is 6.41. The lowest BCUT2D eigenvalue weighted by Crippen LogP contribution is -2.12. The van der Waals surface area contributed by atoms with Gasteiger partial charge >= 0.3 is 5.97 Å². The second kappa shape index (κ2) is 6.87. The van der Waals surface area contributed by atoms with Crippen molar-refractivity contribution in [3.8, 4) is 0 Å². The topological polar surface area (TPSA) is 66.4 Å². The van der Waals surface area contributed by atoms with E-state index >= 15 is 0 Å². The summed E-state index contributed by atoms with van der Waals surface area (Å²) in [6.45, 7) is 0.116. The number of rotatable bonds is 5. The van der Waals surface area contributed by atoms with Crippen LogP contribution in [0.25, 0.3) is 0 Å². The standard InChI is InChI=1S/C7H10O4S/c1-12(10)6-5-11-7(9)3-2-4-8/h2-4H,5-6H2,1H3/b3-2+. The molecule has 0 rings (SSSR count). The minimum absolute atomic E-state index is 0.116. The van der Waals surface area contributed by atoms with Crippen molar-refractivity contribution in [1.82, 2.24) is 0 Å². The smallest absolute Gasteiger partial charge is 0.331 e. The molecule has 0 heterocycles. The lowest BCUT2D eigenvalue weighted by atomic mass is 10.5. The van der Waals surface area contributed by atoms with E-state index in [4.69, 9.17) is 0 Å². The fraction of sp³-hybridized carbons (Fsp3) is 0.429. The van der Waals surface area contributed by atoms with Gasteiger partial charge in [-0.25, -0.2) is 4.79 Å². The van der Waals surface area contributed by atoms with Crippen molar-refractivity contribution in [2.75, 3.05) is 18.6 Å². The molecule has 0 radical (unpaired) electrons. The molecule has 0 aliphatic rings. The third-order valence-electron chi connectivity index (χ3n) is 0.926. The summed E-state index contributed by atoms with van der Waals surface area (Å²) in [6, 6.07) is 0. The van der Waals surface area contributed by atoms with Crippen LogP contribution in [0.1, 0.15) is 0 Å². The average molecular weight is 190 g/mol. The summed E-state index contributed by atoms with van der Waals surface area (Å²) < 4.78 is 15.1. The largest absolute Gasteiger partial charge is 0.616 e. The van der Waals surface area contributed by atoms with Crippen molar-refractivity contribution in [3.05, 3.63) is 12.2 Å². The van der Waals surface area contributed by atoms with Gasteiger partial charge in [-0.05, 0) is 6.08 Å². The Bertz CT molecular complexity index is 176. The normalized spacial score (nSPS) is 12.8. The van der Waals surface area contributed by atoms with Crippen molar-refractivity contribution < 1.29 is 18.9 Å². The van der Waals surface area contributed by atoms with Crippen molar-refractivity contribution in [2.45, 2.75) is 0 Å². The molecule has 5 heteroatoms. The van der Waals surface area contributed by atoms with E-state index in [-0.39, 0.29) is 6.61 Å². The number of carbonyl (C=O) groups excluding carboxylic acids is 2. The van der Waals surface area contributed by atoms with Gasteiger partial charge in [-0.3, -0.25) is 4.79 Å². The van der Waals surface area contributed by atoms with Gasteiger partial charge in [0.15, 0.2) is 0 Å². The maximum atomic E-state index is 10.6. The van der Waals surface area contributed by atoms with E-state index in [0.29, 0.717) is 12.0 Å². The highest BCUT2D eigenvalue weighted by Crippen LogP contribution is 1.86. The molecular formula is C7H10O4S. The summed E-state index contributed by atoms with van der Waals surface area (Å²) in [5.41, 5.74) is 0. The SMILES string of the molecule is C[S+]([O-])CCOC(=O)/C=C/C=O. The van der Waals surface area contributed by atoms with Crippen LogP contribution < -0.4 is 0 Å². The molecule has 4 nitrogen and oxygen atoms in total. The molecule has 0 spiro atoms. The zero-order valence-corrected chi connectivity index (χ0v) is 7.50. The second-order valence-electron chi connectivity index (χ2n) is 1.94. The summed E-state index contributed by atoms with van der Waals surface area (Å²) in [6.07, 6.45) is 4.07. The van der Waals surface area contributed by atoms with Crippen LogP contribution in [0.5, 0.6) is 0 Å². The molecule has 68 valence electrons. The van der Waals surface area contributed by atoms with Crippen LogP contribution in [0, 0.1) is 0 Å². The summed E-state index contributed by atoms with van der Waals surface area (Å²) in [5.74, 6) is -0.270. The Morgan fingerprint density at radius 3 is 2.83 bits per heavy atom. The predicted molar refractivity (Wildman–Crippen MR) is 45.1 cm³/mol. The van der Waals surface area contributed by atoms with Crippen LogP contribution in [0.15, 0.2) is 12.2 Å². The van der Waals surface area contributed by atoms with Crippen LogP contribution in [0.3, 0.4) is 0 Å². The Labute approximate surface area is 73.8 Å². The van der Waals surface area contributed by atoms with E-state index < -0.39 is 17.1 Å². The van der Waals surface area contributed by atoms with Gasteiger partial charge in [0.25, 0.3) is 0 Å². The molecule has 0 N–H and O–H groups in total. The number of esters is 1. The minimum Gasteiger partial charge on any atom is -0.616 e. The Morgan fingerprint density at radius 1 is 1.67 bits per heavy atom. The molecule has 0 saturated carbocycles. The van der Waals surface area contributed by atoms with Crippen LogP contribution in [0.4, 0.5) is 0 Å². The maximum absolute atomic E-state index is 10.6. The van der Waals surface area contributed by atoms with E-state index in [9.17, 15) is 14.1 Å². The highest BCUT2D eigenvalue weighted by molar-refractivity contribution is 7.90. The molecule has 0 bridgehead atoms. The summed E-state index contributed by atoms with van der Waals surface area (Å²) in [7, 11) is 0. The molecule has 0 saturated heterocycles. The number of hydrogen-bond donors (Lipinski definition) is 0. The first-order valence-corrected chi connectivity index (χ1v) is 4.98. The van der Waals surface area contributed by atoms with Crippen molar-refractivity contribution in [1.29, 1.82) is 0 Å². The van der Waals surface area contributed by atoms with Crippen molar-refractivity contribution in [2.24, 2.45) is 0 Å². The zero-order valence-electron chi connectivity index (χ0n) is 6.69. The Morgan fingerprint density at radius 2 is 2.33 bits per heavy atom. The minimum atomic E-state index is -0.959. The van der Waals surface area contributed by atoms with Gasteiger partial charge in [0.1, 0.15) is 18.6 Å². The molecule has 12 heavy (non-hydrogen) atoms. The molecule has 0 aromatic heterocycles. The number of aldehydes is 1. The molecule has 0 aliphatic heterocycles. The van der Waals surface area contributed by atoms with Gasteiger partial charge in [-0.1, -0.05) is 11.2 Å². The average Bonchev–Trinajstić information content (AvgIpc) is 2.00. The zero-order chi connectivity index (χ0) is 9.40. The number of hydrogen-bond acceptors (Lipinski definition) is 4. The van der Waals surface area contributed by atoms with E-state index in [1.807, 2.05) is 0 Å². The summed E-state index contributed by atoms with van der Waals surface area (Å²) >= 11 is -0.959. The lowest BCUT2D eigenvalue weighted by molar-refractivity contribution is -0.137. The van der Waals surface area contributed by atoms with Crippen molar-refractivity contribution in [3.63, 3.8) is 0 Å². The molecular weight excluding hydrogens is 180 g/mol. The van der Waals surface area contributed by atoms with E-state index in [2.05, 4.69) is 4.74 Å². The molecule has 0 aromatic carbocycles. The molecule has 1 unspecified atom stereocenters. The van der Waals surface area contributed by atoms with Crippen LogP contribution in [0.2, 0.25) is 0 Å². The molecule has 0 amide bonds. The molecule has 1 atom stereocenters. The van der Waals surface area contributed by atoms with E-state index in [1.165, 1.54) is 6.26 Å². The predicted octanol–water partition coefficient (Wildman–Crippen LogP) is -0.337. The van der Waals surface area contributed by atoms with Gasteiger partial charge in [0.05, 0.1) is 6.26 Å². The van der Waals surface area contributed by atoms with Gasteiger partial charge in [-0.2, -0.15) is 0 Å². The van der Waals surface area contributed by atoms with Gasteiger partial charge in [0.2, 0.25) is 0 Å². The first-order valence-electron chi connectivity index (χ1n) is 3.25. The quantitative estimate of drug-likeness (QED) is 0.257. The van der Waals surface area contributed by atoms with E-state index in [1.54, 1.807) is 0 Å². The lowest BCUT2D eigenvalue weighted by Gasteiger charge is -2.03. The summed E-state index contributed by atoms with van der Waals surface area (Å²) in [5, 5.41) is 0. The van der Waals surface area contributed by atoms with Gasteiger partial charge in [-0.15, -0.1) is 0 Å². The number of ether oxygens (including phenoxy) is 1. The van der Waals surface area contributed by atoms with Crippen LogP contribution in [-0.2, 0) is 25.5 Å². The van der Waals surface area contributed by atoms with Crippen LogP contribution >= 0.6 is 0 Å². The summed E-state index contributed by atoms with van der Waals surface area (Å²) in [4.78, 5) is 20.4.